The minimum absolute atomic E-state index is 0.331. The van der Waals surface area contributed by atoms with Crippen LogP contribution in [0.4, 0.5) is 16.2 Å². The van der Waals surface area contributed by atoms with E-state index in [0.717, 1.165) is 0 Å². The Bertz CT molecular complexity index is 689. The molecule has 9 heteroatoms. The number of nitrogens with one attached hydrogen (secondary N) is 2. The fourth-order valence-corrected chi connectivity index (χ4v) is 2.57. The van der Waals surface area contributed by atoms with Gasteiger partial charge in [-0.1, -0.05) is 17.7 Å². The molecule has 2 N–H and O–H groups in total. The molecule has 0 bridgehead atoms. The molecular weight excluding hydrogens is 328 g/mol. The van der Waals surface area contributed by atoms with E-state index in [1.54, 1.807) is 37.2 Å². The van der Waals surface area contributed by atoms with Crippen LogP contribution >= 0.6 is 11.6 Å². The van der Waals surface area contributed by atoms with Crippen LogP contribution < -0.4 is 15.5 Å². The first kappa shape index (κ1) is 18.2. The molecule has 0 unspecified atom stereocenters. The number of halogens is 1. The lowest BCUT2D eigenvalue weighted by atomic mass is 10.2. The third-order valence-corrected chi connectivity index (χ3v) is 3.35. The van der Waals surface area contributed by atoms with Crippen molar-refractivity contribution in [1.29, 1.82) is 0 Å². The largest absolute Gasteiger partial charge is 0.375 e. The molecule has 0 saturated carbocycles. The second-order valence-electron chi connectivity index (χ2n) is 5.00. The Morgan fingerprint density at radius 1 is 1.32 bits per heavy atom. The Labute approximate surface area is 135 Å². The fraction of sp³-hybridized carbons (Fsp3) is 0.385. The first-order valence-corrected chi connectivity index (χ1v) is 9.02. The van der Waals surface area contributed by atoms with Gasteiger partial charge >= 0.3 is 6.03 Å². The SMILES string of the molecule is CN(C)c1c(Cl)cccc1NC(=O)NCC(=O)N=S(C)(C)=O. The summed E-state index contributed by atoms with van der Waals surface area (Å²) in [5.41, 5.74) is 1.16. The molecule has 122 valence electrons. The van der Waals surface area contributed by atoms with E-state index in [1.165, 1.54) is 12.5 Å². The Morgan fingerprint density at radius 3 is 2.50 bits per heavy atom. The highest BCUT2D eigenvalue weighted by molar-refractivity contribution is 7.92. The maximum atomic E-state index is 11.8. The molecule has 0 aliphatic carbocycles. The number of carbonyl (C=O) groups excluding carboxylic acids is 2. The van der Waals surface area contributed by atoms with Gasteiger partial charge in [0.2, 0.25) is 0 Å². The van der Waals surface area contributed by atoms with E-state index in [9.17, 15) is 13.8 Å². The number of urea groups is 1. The molecule has 0 aliphatic rings. The van der Waals surface area contributed by atoms with Crippen LogP contribution in [0.1, 0.15) is 0 Å². The lowest BCUT2D eigenvalue weighted by molar-refractivity contribution is -0.116. The highest BCUT2D eigenvalue weighted by atomic mass is 35.5. The number of nitrogens with zero attached hydrogens (tertiary/aromatic N) is 2. The standard InChI is InChI=1S/C13H19ClN4O3S/c1-18(2)12-9(14)6-5-7-10(12)16-13(20)15-8-11(19)17-22(3,4)21/h5-7H,8H2,1-4H3,(H2,15,16,20). The van der Waals surface area contributed by atoms with Crippen LogP contribution in [-0.4, -0.2) is 49.3 Å². The summed E-state index contributed by atoms with van der Waals surface area (Å²) in [5.74, 6) is -0.649. The summed E-state index contributed by atoms with van der Waals surface area (Å²) in [6.45, 7) is -0.331. The van der Waals surface area contributed by atoms with Gasteiger partial charge in [-0.25, -0.2) is 9.00 Å². The van der Waals surface area contributed by atoms with Crippen LogP contribution in [0, 0.1) is 0 Å². The quantitative estimate of drug-likeness (QED) is 0.869. The summed E-state index contributed by atoms with van der Waals surface area (Å²) < 4.78 is 14.8. The van der Waals surface area contributed by atoms with Gasteiger partial charge in [-0.15, -0.1) is 0 Å². The maximum Gasteiger partial charge on any atom is 0.319 e. The highest BCUT2D eigenvalue weighted by Crippen LogP contribution is 2.32. The number of para-hydroxylation sites is 1. The monoisotopic (exact) mass is 346 g/mol. The summed E-state index contributed by atoms with van der Waals surface area (Å²) in [7, 11) is 1.07. The predicted octanol–water partition coefficient (Wildman–Crippen LogP) is 1.78. The summed E-state index contributed by atoms with van der Waals surface area (Å²) in [6.07, 6.45) is 2.70. The van der Waals surface area contributed by atoms with Crippen LogP contribution in [0.3, 0.4) is 0 Å². The van der Waals surface area contributed by atoms with Crippen LogP contribution in [0.15, 0.2) is 22.6 Å². The van der Waals surface area contributed by atoms with Gasteiger partial charge in [0.25, 0.3) is 5.91 Å². The van der Waals surface area contributed by atoms with Crippen molar-refractivity contribution in [1.82, 2.24) is 5.32 Å². The van der Waals surface area contributed by atoms with Gasteiger partial charge in [0, 0.05) is 36.3 Å². The maximum absolute atomic E-state index is 11.8. The van der Waals surface area contributed by atoms with Crippen molar-refractivity contribution in [3.8, 4) is 0 Å². The lowest BCUT2D eigenvalue weighted by Gasteiger charge is -2.19. The summed E-state index contributed by atoms with van der Waals surface area (Å²) in [4.78, 5) is 25.0. The zero-order valence-corrected chi connectivity index (χ0v) is 14.4. The van der Waals surface area contributed by atoms with E-state index in [-0.39, 0.29) is 6.54 Å². The van der Waals surface area contributed by atoms with Gasteiger partial charge in [-0.05, 0) is 12.1 Å². The number of carbonyl (C=O) groups is 2. The van der Waals surface area contributed by atoms with E-state index in [4.69, 9.17) is 11.6 Å². The van der Waals surface area contributed by atoms with Gasteiger partial charge in [-0.3, -0.25) is 4.79 Å². The third-order valence-electron chi connectivity index (χ3n) is 2.40. The van der Waals surface area contributed by atoms with E-state index in [2.05, 4.69) is 15.0 Å². The van der Waals surface area contributed by atoms with E-state index >= 15 is 0 Å². The van der Waals surface area contributed by atoms with Crippen LogP contribution in [-0.2, 0) is 14.5 Å². The van der Waals surface area contributed by atoms with Gasteiger partial charge in [-0.2, -0.15) is 4.36 Å². The molecule has 1 aromatic rings. The second kappa shape index (κ2) is 7.46. The molecule has 0 atom stereocenters. The first-order chi connectivity index (χ1) is 10.1. The molecule has 0 aliphatic heterocycles. The molecule has 7 nitrogen and oxygen atoms in total. The van der Waals surface area contributed by atoms with Crippen LogP contribution in [0.5, 0.6) is 0 Å². The molecule has 0 radical (unpaired) electrons. The molecule has 22 heavy (non-hydrogen) atoms. The van der Waals surface area contributed by atoms with E-state index in [0.29, 0.717) is 16.4 Å². The molecule has 1 aromatic carbocycles. The van der Waals surface area contributed by atoms with Crippen molar-refractivity contribution < 1.29 is 13.8 Å². The van der Waals surface area contributed by atoms with Gasteiger partial charge in [0.15, 0.2) is 0 Å². The van der Waals surface area contributed by atoms with Crippen molar-refractivity contribution >= 4 is 44.6 Å². The third kappa shape index (κ3) is 5.90. The molecular formula is C13H19ClN4O3S. The van der Waals surface area contributed by atoms with Crippen LogP contribution in [0.25, 0.3) is 0 Å². The first-order valence-electron chi connectivity index (χ1n) is 6.31. The van der Waals surface area contributed by atoms with Gasteiger partial charge in [0.05, 0.1) is 16.4 Å². The Hall–Kier alpha value is -1.80. The number of benzene rings is 1. The summed E-state index contributed by atoms with van der Waals surface area (Å²) >= 11 is 6.09. The average Bonchev–Trinajstić information content (AvgIpc) is 2.34. The Kier molecular flexibility index (Phi) is 6.19. The van der Waals surface area contributed by atoms with Crippen molar-refractivity contribution in [3.63, 3.8) is 0 Å². The number of anilines is 2. The smallest absolute Gasteiger partial charge is 0.319 e. The Morgan fingerprint density at radius 2 is 1.95 bits per heavy atom. The highest BCUT2D eigenvalue weighted by Gasteiger charge is 2.12. The molecule has 0 spiro atoms. The molecule has 0 aromatic heterocycles. The zero-order valence-electron chi connectivity index (χ0n) is 12.8. The van der Waals surface area contributed by atoms with Gasteiger partial charge in [0.1, 0.15) is 6.54 Å². The Balaban J connectivity index is 2.73. The fourth-order valence-electron chi connectivity index (χ4n) is 1.67. The van der Waals surface area contributed by atoms with Gasteiger partial charge < -0.3 is 15.5 Å². The summed E-state index contributed by atoms with van der Waals surface area (Å²) in [6, 6.07) is 4.53. The predicted molar refractivity (Wildman–Crippen MR) is 90.2 cm³/mol. The molecule has 1 rings (SSSR count). The molecule has 0 heterocycles. The number of hydrogen-bond acceptors (Lipinski definition) is 4. The van der Waals surface area contributed by atoms with Crippen molar-refractivity contribution in [2.24, 2.45) is 4.36 Å². The molecule has 0 saturated heterocycles. The minimum atomic E-state index is -2.52. The lowest BCUT2D eigenvalue weighted by Crippen LogP contribution is -2.33. The van der Waals surface area contributed by atoms with E-state index < -0.39 is 21.7 Å². The molecule has 0 fully saturated rings. The van der Waals surface area contributed by atoms with Crippen LogP contribution in [0.2, 0.25) is 5.02 Å². The second-order valence-corrected chi connectivity index (χ2v) is 7.96. The number of amides is 3. The van der Waals surface area contributed by atoms with Crippen molar-refractivity contribution in [2.45, 2.75) is 0 Å². The minimum Gasteiger partial charge on any atom is -0.375 e. The van der Waals surface area contributed by atoms with Crippen molar-refractivity contribution in [2.75, 3.05) is 43.4 Å². The zero-order chi connectivity index (χ0) is 16.9. The molecule has 3 amide bonds. The normalized spacial score (nSPS) is 10.8. The average molecular weight is 347 g/mol. The number of rotatable bonds is 4. The van der Waals surface area contributed by atoms with Crippen molar-refractivity contribution in [3.05, 3.63) is 23.2 Å². The topological polar surface area (TPSA) is 90.9 Å². The van der Waals surface area contributed by atoms with E-state index in [1.807, 2.05) is 0 Å². The summed E-state index contributed by atoms with van der Waals surface area (Å²) in [5, 5.41) is 5.46. The number of hydrogen-bond donors (Lipinski definition) is 2.